The van der Waals surface area contributed by atoms with Gasteiger partial charge in [0.25, 0.3) is 0 Å². The van der Waals surface area contributed by atoms with Gasteiger partial charge in [-0.1, -0.05) is 200 Å². The lowest BCUT2D eigenvalue weighted by molar-refractivity contribution is 1.21. The van der Waals surface area contributed by atoms with E-state index in [1.54, 1.807) is 0 Å². The van der Waals surface area contributed by atoms with Crippen molar-refractivity contribution in [3.63, 3.8) is 0 Å². The third kappa shape index (κ3) is 10.6. The molecule has 0 amide bonds. The van der Waals surface area contributed by atoms with Gasteiger partial charge >= 0.3 is 0 Å². The number of rotatable bonds is 18. The van der Waals surface area contributed by atoms with Crippen molar-refractivity contribution in [1.29, 1.82) is 0 Å². The molecule has 0 atom stereocenters. The Morgan fingerprint density at radius 1 is 0.159 bits per heavy atom. The van der Waals surface area contributed by atoms with E-state index in [0.29, 0.717) is 0 Å². The molecule has 10 aromatic rings. The molecular weight excluding hydrogens is 886 g/mol. The summed E-state index contributed by atoms with van der Waals surface area (Å²) in [6, 6.07) is 111. The topological polar surface area (TPSA) is 0 Å². The summed E-state index contributed by atoms with van der Waals surface area (Å²) < 4.78 is 0. The maximum atomic E-state index is 2.64. The van der Waals surface area contributed by atoms with Crippen molar-refractivity contribution in [2.75, 3.05) is 0 Å². The predicted molar refractivity (Wildman–Crippen MR) is 305 cm³/mol. The van der Waals surface area contributed by atoms with E-state index in [4.69, 9.17) is 0 Å². The second kappa shape index (κ2) is 21.8. The van der Waals surface area contributed by atoms with Gasteiger partial charge in [-0.2, -0.15) is 0 Å². The summed E-state index contributed by atoms with van der Waals surface area (Å²) in [5, 5.41) is 8.70. The molecule has 69 heavy (non-hydrogen) atoms. The van der Waals surface area contributed by atoms with E-state index in [0.717, 1.165) is 37.0 Å². The van der Waals surface area contributed by atoms with Crippen molar-refractivity contribution < 1.29 is 0 Å². The molecule has 0 nitrogen and oxygen atoms in total. The van der Waals surface area contributed by atoms with Crippen LogP contribution < -0.4 is 31.8 Å². The Morgan fingerprint density at radius 3 is 0.478 bits per heavy atom. The molecule has 10 rings (SSSR count). The first-order valence-corrected chi connectivity index (χ1v) is 30.8. The first kappa shape index (κ1) is 46.2. The highest BCUT2D eigenvalue weighted by Gasteiger charge is 2.47. The van der Waals surface area contributed by atoms with Crippen LogP contribution in [0.5, 0.6) is 0 Å². The largest absolute Gasteiger partial charge is 0.0999 e. The minimum Gasteiger partial charge on any atom is -0.0622 e. The third-order valence-corrected chi connectivity index (χ3v) is 27.0. The highest BCUT2D eigenvalue weighted by molar-refractivity contribution is 7.89. The molecule has 0 bridgehead atoms. The molecule has 0 saturated heterocycles. The van der Waals surface area contributed by atoms with E-state index in [9.17, 15) is 0 Å². The first-order valence-electron chi connectivity index (χ1n) is 24.3. The summed E-state index contributed by atoms with van der Waals surface area (Å²) in [6.45, 7) is 0. The van der Waals surface area contributed by atoms with Crippen molar-refractivity contribution in [3.05, 3.63) is 325 Å². The highest BCUT2D eigenvalue weighted by atomic mass is 31.2. The van der Waals surface area contributed by atoms with Crippen LogP contribution in [-0.4, -0.2) is 0 Å². The van der Waals surface area contributed by atoms with Gasteiger partial charge in [0.1, 0.15) is 0 Å². The molecule has 0 unspecified atom stereocenters. The van der Waals surface area contributed by atoms with Crippen LogP contribution in [0.25, 0.3) is 0 Å². The van der Waals surface area contributed by atoms with Crippen molar-refractivity contribution in [3.8, 4) is 0 Å². The molecule has 0 radical (unpaired) electrons. The van der Waals surface area contributed by atoms with Gasteiger partial charge in [0, 0.05) is 0 Å². The van der Waals surface area contributed by atoms with Crippen molar-refractivity contribution >= 4 is 53.6 Å². The molecule has 0 aliphatic carbocycles. The predicted octanol–water partition coefficient (Wildman–Crippen LogP) is 14.8. The monoisotopic (exact) mass is 945 g/mol. The third-order valence-electron chi connectivity index (χ3n) is 13.9. The van der Waals surface area contributed by atoms with Crippen LogP contribution in [0.15, 0.2) is 291 Å². The normalized spacial score (nSPS) is 11.8. The smallest absolute Gasteiger partial charge is 0.0622 e. The van der Waals surface area contributed by atoms with E-state index in [1.165, 1.54) is 65.2 Å². The zero-order chi connectivity index (χ0) is 46.6. The van der Waals surface area contributed by atoms with Crippen molar-refractivity contribution in [2.24, 2.45) is 0 Å². The fourth-order valence-corrected chi connectivity index (χ4v) is 23.5. The number of hydrogen-bond donors (Lipinski definition) is 0. The maximum Gasteiger partial charge on any atom is 0.0999 e. The lowest BCUT2D eigenvalue weighted by Gasteiger charge is -2.31. The Bertz CT molecular complexity index is 2640. The molecule has 3 heteroatoms. The average molecular weight is 946 g/mol. The summed E-state index contributed by atoms with van der Waals surface area (Å²) in [4.78, 5) is 0. The highest BCUT2D eigenvalue weighted by Crippen LogP contribution is 2.66. The Hall–Kier alpha value is -6.51. The van der Waals surface area contributed by atoms with Gasteiger partial charge in [-0.05, 0) is 124 Å². The second-order valence-corrected chi connectivity index (χ2v) is 29.3. The Labute approximate surface area is 412 Å². The molecule has 0 spiro atoms. The van der Waals surface area contributed by atoms with Crippen LogP contribution in [0.1, 0.15) is 33.4 Å². The van der Waals surface area contributed by atoms with Gasteiger partial charge in [-0.25, -0.2) is 0 Å². The van der Waals surface area contributed by atoms with Gasteiger partial charge in [-0.15, -0.1) is 0 Å². The van der Waals surface area contributed by atoms with E-state index in [2.05, 4.69) is 291 Å². The fourth-order valence-electron chi connectivity index (χ4n) is 10.7. The zero-order valence-corrected chi connectivity index (χ0v) is 42.0. The lowest BCUT2D eigenvalue weighted by Crippen LogP contribution is -2.27. The summed E-state index contributed by atoms with van der Waals surface area (Å²) in [5.41, 5.74) is 8.44. The van der Waals surface area contributed by atoms with Crippen LogP contribution in [0.4, 0.5) is 0 Å². The minimum atomic E-state index is -2.11. The summed E-state index contributed by atoms with van der Waals surface area (Å²) in [7, 11) is -6.33. The zero-order valence-electron chi connectivity index (χ0n) is 39.3. The minimum absolute atomic E-state index is 0.957. The van der Waals surface area contributed by atoms with E-state index < -0.39 is 21.8 Å². The quantitative estimate of drug-likeness (QED) is 0.0752. The molecule has 0 saturated carbocycles. The summed E-state index contributed by atoms with van der Waals surface area (Å²) >= 11 is 0. The summed E-state index contributed by atoms with van der Waals surface area (Å²) in [6.07, 6.45) is 5.83. The fraction of sp³-hybridized carbons (Fsp3) is 0.0909. The Morgan fingerprint density at radius 2 is 0.304 bits per heavy atom. The molecule has 10 aromatic carbocycles. The van der Waals surface area contributed by atoms with E-state index >= 15 is 0 Å². The molecule has 0 fully saturated rings. The second-order valence-electron chi connectivity index (χ2n) is 18.5. The molecular formula is C66H60P3+3. The van der Waals surface area contributed by atoms with Gasteiger partial charge in [0.05, 0.1) is 90.6 Å². The van der Waals surface area contributed by atoms with Crippen molar-refractivity contribution in [2.45, 2.75) is 37.0 Å². The van der Waals surface area contributed by atoms with Crippen LogP contribution in [0, 0.1) is 0 Å². The lowest BCUT2D eigenvalue weighted by atomic mass is 10.1. The van der Waals surface area contributed by atoms with Crippen LogP contribution in [-0.2, 0) is 37.0 Å². The molecule has 0 heterocycles. The number of benzene rings is 10. The Balaban J connectivity index is 1.22. The molecule has 0 aliphatic rings. The molecule has 0 aromatic heterocycles. The van der Waals surface area contributed by atoms with Gasteiger partial charge in [0.2, 0.25) is 0 Å². The molecule has 336 valence electrons. The SMILES string of the molecule is c1ccc(C[P+](Cc2cc(C[P+](Cc3ccccc3)(c3ccccc3)c3ccccc3)cc(C[P+](Cc3ccccc3)(c3ccccc3)c3ccccc3)c2)(c2ccccc2)c2ccccc2)cc1. The van der Waals surface area contributed by atoms with Crippen LogP contribution >= 0.6 is 21.8 Å². The van der Waals surface area contributed by atoms with E-state index in [-0.39, 0.29) is 0 Å². The molecule has 0 N–H and O–H groups in total. The number of hydrogen-bond acceptors (Lipinski definition) is 0. The van der Waals surface area contributed by atoms with Crippen LogP contribution in [0.3, 0.4) is 0 Å². The molecule has 0 aliphatic heterocycles. The first-order chi connectivity index (χ1) is 34.1. The average Bonchev–Trinajstić information content (AvgIpc) is 3.42. The summed E-state index contributed by atoms with van der Waals surface area (Å²) in [5.74, 6) is 0. The van der Waals surface area contributed by atoms with Crippen LogP contribution in [0.2, 0.25) is 0 Å². The van der Waals surface area contributed by atoms with Gasteiger partial charge in [0.15, 0.2) is 0 Å². The van der Waals surface area contributed by atoms with E-state index in [1.807, 2.05) is 0 Å². The Kier molecular flexibility index (Phi) is 14.6. The maximum absolute atomic E-state index is 2.64. The van der Waals surface area contributed by atoms with Gasteiger partial charge < -0.3 is 0 Å². The van der Waals surface area contributed by atoms with Gasteiger partial charge in [-0.3, -0.25) is 0 Å². The standard InChI is InChI=1S/C66H60P3/c1-10-28-55(29-11-1)49-67(61-34-16-4-17-35-61,62-36-18-5-19-37-62)52-58-46-59(53-68(63-38-20-6-21-39-63,64-40-22-7-23-41-64)50-56-30-12-2-13-31-56)48-60(47-58)54-69(65-42-24-8-25-43-65,66-44-26-9-27-45-66)51-57-32-14-3-15-33-57/h1-48H,49-54H2/q+3. The van der Waals surface area contributed by atoms with Crippen molar-refractivity contribution in [1.82, 2.24) is 0 Å².